The lowest BCUT2D eigenvalue weighted by molar-refractivity contribution is 0.162. The molecule has 0 amide bonds. The molecule has 0 spiro atoms. The highest BCUT2D eigenvalue weighted by atomic mass is 16.3. The first-order chi connectivity index (χ1) is 4.33. The van der Waals surface area contributed by atoms with Gasteiger partial charge < -0.3 is 5.11 Å². The van der Waals surface area contributed by atoms with E-state index in [0.717, 1.165) is 25.7 Å². The summed E-state index contributed by atoms with van der Waals surface area (Å²) >= 11 is 0. The van der Waals surface area contributed by atoms with Gasteiger partial charge in [0, 0.05) is 19.2 Å². The van der Waals surface area contributed by atoms with Crippen LogP contribution < -0.4 is 0 Å². The maximum absolute atomic E-state index is 9.13. The molecular formula is C7H13NO. The van der Waals surface area contributed by atoms with E-state index in [1.807, 2.05) is 0 Å². The summed E-state index contributed by atoms with van der Waals surface area (Å²) in [5.41, 5.74) is 1.17. The molecule has 2 heteroatoms. The molecule has 1 aliphatic rings. The monoisotopic (exact) mass is 127 g/mol. The van der Waals surface area contributed by atoms with Gasteiger partial charge in [0.05, 0.1) is 6.10 Å². The third-order valence-corrected chi connectivity index (χ3v) is 1.79. The Morgan fingerprint density at radius 3 is 2.89 bits per heavy atom. The fourth-order valence-corrected chi connectivity index (χ4v) is 1.22. The fraction of sp³-hybridized carbons (Fsp3) is 0.857. The second kappa shape index (κ2) is 2.97. The summed E-state index contributed by atoms with van der Waals surface area (Å²) in [5, 5.41) is 9.13. The Labute approximate surface area is 55.6 Å². The Hall–Kier alpha value is -0.370. The highest BCUT2D eigenvalue weighted by Gasteiger charge is 2.13. The van der Waals surface area contributed by atoms with Crippen molar-refractivity contribution in [1.29, 1.82) is 0 Å². The van der Waals surface area contributed by atoms with Crippen molar-refractivity contribution >= 4 is 5.71 Å². The second-order valence-corrected chi connectivity index (χ2v) is 2.54. The van der Waals surface area contributed by atoms with Crippen molar-refractivity contribution in [3.8, 4) is 0 Å². The molecule has 1 fully saturated rings. The minimum atomic E-state index is -0.113. The van der Waals surface area contributed by atoms with Crippen LogP contribution in [-0.4, -0.2) is 24.0 Å². The number of hydrogen-bond acceptors (Lipinski definition) is 2. The molecule has 1 atom stereocenters. The van der Waals surface area contributed by atoms with E-state index in [-0.39, 0.29) is 6.10 Å². The molecule has 1 N–H and O–H groups in total. The highest BCUT2D eigenvalue weighted by Crippen LogP contribution is 2.14. The molecule has 9 heavy (non-hydrogen) atoms. The van der Waals surface area contributed by atoms with Crippen LogP contribution in [0.15, 0.2) is 4.99 Å². The lowest BCUT2D eigenvalue weighted by atomic mass is 9.96. The van der Waals surface area contributed by atoms with Crippen LogP contribution in [-0.2, 0) is 0 Å². The quantitative estimate of drug-likeness (QED) is 0.517. The Balaban J connectivity index is 2.41. The van der Waals surface area contributed by atoms with Crippen LogP contribution in [0.5, 0.6) is 0 Å². The summed E-state index contributed by atoms with van der Waals surface area (Å²) in [6.07, 6.45) is 3.84. The van der Waals surface area contributed by atoms with Crippen LogP contribution in [0.25, 0.3) is 0 Å². The van der Waals surface area contributed by atoms with E-state index in [9.17, 15) is 0 Å². The molecule has 52 valence electrons. The third kappa shape index (κ3) is 1.79. The predicted octanol–water partition coefficient (Wildman–Crippen LogP) is 0.992. The molecule has 0 aromatic rings. The number of rotatable bonds is 0. The first kappa shape index (κ1) is 6.75. The van der Waals surface area contributed by atoms with E-state index in [4.69, 9.17) is 5.11 Å². The van der Waals surface area contributed by atoms with Gasteiger partial charge in [0.1, 0.15) is 0 Å². The topological polar surface area (TPSA) is 32.6 Å². The van der Waals surface area contributed by atoms with Crippen molar-refractivity contribution in [1.82, 2.24) is 0 Å². The minimum absolute atomic E-state index is 0.113. The van der Waals surface area contributed by atoms with Crippen LogP contribution in [0, 0.1) is 0 Å². The smallest absolute Gasteiger partial charge is 0.0592 e. The average Bonchev–Trinajstić information content (AvgIpc) is 1.88. The van der Waals surface area contributed by atoms with E-state index in [1.165, 1.54) is 5.71 Å². The summed E-state index contributed by atoms with van der Waals surface area (Å²) in [5.74, 6) is 0. The molecule has 1 unspecified atom stereocenters. The molecule has 1 rings (SSSR count). The Bertz CT molecular complexity index is 120. The summed E-state index contributed by atoms with van der Waals surface area (Å²) in [4.78, 5) is 4.05. The van der Waals surface area contributed by atoms with E-state index in [0.29, 0.717) is 0 Å². The van der Waals surface area contributed by atoms with E-state index in [1.54, 1.807) is 7.05 Å². The van der Waals surface area contributed by atoms with Crippen molar-refractivity contribution in [3.63, 3.8) is 0 Å². The van der Waals surface area contributed by atoms with Crippen molar-refractivity contribution in [2.45, 2.75) is 31.8 Å². The standard InChI is InChI=1S/C7H13NO/c1-8-6-3-2-4-7(9)5-6/h7,9H,2-5H2,1H3. The molecule has 0 radical (unpaired) electrons. The minimum Gasteiger partial charge on any atom is -0.393 e. The summed E-state index contributed by atoms with van der Waals surface area (Å²) in [7, 11) is 1.80. The largest absolute Gasteiger partial charge is 0.393 e. The lowest BCUT2D eigenvalue weighted by Gasteiger charge is -2.17. The van der Waals surface area contributed by atoms with Crippen molar-refractivity contribution in [2.24, 2.45) is 4.99 Å². The van der Waals surface area contributed by atoms with Gasteiger partial charge in [0.15, 0.2) is 0 Å². The number of aliphatic imine (C=N–C) groups is 1. The molecular weight excluding hydrogens is 114 g/mol. The van der Waals surface area contributed by atoms with Gasteiger partial charge >= 0.3 is 0 Å². The second-order valence-electron chi connectivity index (χ2n) is 2.54. The lowest BCUT2D eigenvalue weighted by Crippen LogP contribution is -2.18. The van der Waals surface area contributed by atoms with Crippen LogP contribution in [0.2, 0.25) is 0 Å². The molecule has 0 heterocycles. The van der Waals surface area contributed by atoms with Gasteiger partial charge in [-0.05, 0) is 19.3 Å². The van der Waals surface area contributed by atoms with Crippen LogP contribution in [0.1, 0.15) is 25.7 Å². The SMILES string of the molecule is CN=C1CCCC(O)C1. The molecule has 0 saturated heterocycles. The van der Waals surface area contributed by atoms with Crippen molar-refractivity contribution in [3.05, 3.63) is 0 Å². The van der Waals surface area contributed by atoms with Gasteiger partial charge in [-0.3, -0.25) is 4.99 Å². The number of hydrogen-bond donors (Lipinski definition) is 1. The fourth-order valence-electron chi connectivity index (χ4n) is 1.22. The molecule has 0 aromatic carbocycles. The Morgan fingerprint density at radius 2 is 2.44 bits per heavy atom. The van der Waals surface area contributed by atoms with Crippen LogP contribution in [0.4, 0.5) is 0 Å². The predicted molar refractivity (Wildman–Crippen MR) is 37.8 cm³/mol. The van der Waals surface area contributed by atoms with Crippen LogP contribution >= 0.6 is 0 Å². The van der Waals surface area contributed by atoms with Gasteiger partial charge in [-0.1, -0.05) is 0 Å². The maximum Gasteiger partial charge on any atom is 0.0592 e. The zero-order valence-electron chi connectivity index (χ0n) is 5.80. The van der Waals surface area contributed by atoms with E-state index >= 15 is 0 Å². The van der Waals surface area contributed by atoms with Gasteiger partial charge in [0.25, 0.3) is 0 Å². The third-order valence-electron chi connectivity index (χ3n) is 1.79. The Kier molecular flexibility index (Phi) is 2.22. The number of aliphatic hydroxyl groups is 1. The summed E-state index contributed by atoms with van der Waals surface area (Å²) in [6, 6.07) is 0. The maximum atomic E-state index is 9.13. The molecule has 0 aromatic heterocycles. The summed E-state index contributed by atoms with van der Waals surface area (Å²) in [6.45, 7) is 0. The molecule has 0 aliphatic heterocycles. The Morgan fingerprint density at radius 1 is 1.67 bits per heavy atom. The van der Waals surface area contributed by atoms with Gasteiger partial charge in [-0.25, -0.2) is 0 Å². The molecule has 1 aliphatic carbocycles. The van der Waals surface area contributed by atoms with Crippen LogP contribution in [0.3, 0.4) is 0 Å². The molecule has 2 nitrogen and oxygen atoms in total. The van der Waals surface area contributed by atoms with Crippen molar-refractivity contribution in [2.75, 3.05) is 7.05 Å². The van der Waals surface area contributed by atoms with E-state index < -0.39 is 0 Å². The molecule has 1 saturated carbocycles. The van der Waals surface area contributed by atoms with Gasteiger partial charge in [0.2, 0.25) is 0 Å². The van der Waals surface area contributed by atoms with Gasteiger partial charge in [-0.2, -0.15) is 0 Å². The van der Waals surface area contributed by atoms with E-state index in [2.05, 4.69) is 4.99 Å². The highest BCUT2D eigenvalue weighted by molar-refractivity contribution is 5.85. The van der Waals surface area contributed by atoms with Crippen molar-refractivity contribution < 1.29 is 5.11 Å². The number of nitrogens with zero attached hydrogens (tertiary/aromatic N) is 1. The summed E-state index contributed by atoms with van der Waals surface area (Å²) < 4.78 is 0. The zero-order chi connectivity index (χ0) is 6.69. The average molecular weight is 127 g/mol. The normalized spacial score (nSPS) is 33.1. The number of aliphatic hydroxyl groups excluding tert-OH is 1. The van der Waals surface area contributed by atoms with Gasteiger partial charge in [-0.15, -0.1) is 0 Å². The first-order valence-corrected chi connectivity index (χ1v) is 3.45. The molecule has 0 bridgehead atoms. The zero-order valence-corrected chi connectivity index (χ0v) is 5.80. The first-order valence-electron chi connectivity index (χ1n) is 3.45.